The van der Waals surface area contributed by atoms with E-state index >= 15 is 0 Å². The minimum atomic E-state index is -0.859. The summed E-state index contributed by atoms with van der Waals surface area (Å²) in [7, 11) is 0. The van der Waals surface area contributed by atoms with Crippen LogP contribution < -0.4 is 16.7 Å². The Bertz CT molecular complexity index is 795. The third kappa shape index (κ3) is 4.77. The number of hydrogen-bond donors (Lipinski definition) is 1. The van der Waals surface area contributed by atoms with E-state index in [1.54, 1.807) is 24.3 Å². The lowest BCUT2D eigenvalue weighted by Gasteiger charge is -2.09. The van der Waals surface area contributed by atoms with Crippen LogP contribution in [-0.4, -0.2) is 43.4 Å². The molecule has 0 bridgehead atoms. The van der Waals surface area contributed by atoms with Crippen molar-refractivity contribution in [2.75, 3.05) is 33.0 Å². The van der Waals surface area contributed by atoms with Gasteiger partial charge in [0.1, 0.15) is 6.54 Å². The average Bonchev–Trinajstić information content (AvgIpc) is 2.58. The van der Waals surface area contributed by atoms with E-state index in [0.29, 0.717) is 38.5 Å². The largest absolute Gasteiger partial charge is 0.422 e. The first-order valence-electron chi connectivity index (χ1n) is 7.68. The maximum absolute atomic E-state index is 12.0. The second-order valence-electron chi connectivity index (χ2n) is 4.92. The van der Waals surface area contributed by atoms with Gasteiger partial charge in [0.15, 0.2) is 0 Å². The molecule has 2 aromatic rings. The number of aromatic nitrogens is 1. The van der Waals surface area contributed by atoms with Crippen LogP contribution in [0.3, 0.4) is 0 Å². The summed E-state index contributed by atoms with van der Waals surface area (Å²) >= 11 is 0. The predicted molar refractivity (Wildman–Crippen MR) is 87.1 cm³/mol. The molecule has 0 aliphatic carbocycles. The molecule has 1 amide bonds. The molecule has 1 N–H and O–H groups in total. The van der Waals surface area contributed by atoms with Gasteiger partial charge in [-0.25, -0.2) is 9.59 Å². The van der Waals surface area contributed by atoms with Gasteiger partial charge in [-0.3, -0.25) is 9.36 Å². The van der Waals surface area contributed by atoms with Crippen molar-refractivity contribution >= 4 is 16.8 Å². The molecule has 0 aliphatic heterocycles. The summed E-state index contributed by atoms with van der Waals surface area (Å²) in [6.45, 7) is 3.93. The number of fused-ring (bicyclic) bond motifs is 1. The van der Waals surface area contributed by atoms with Crippen molar-refractivity contribution in [2.24, 2.45) is 0 Å². The number of hydrogen-bond acceptors (Lipinski definition) is 6. The fourth-order valence-corrected chi connectivity index (χ4v) is 2.15. The quantitative estimate of drug-likeness (QED) is 0.653. The fraction of sp³-hybridized carbons (Fsp3) is 0.438. The molecule has 1 aromatic carbocycles. The van der Waals surface area contributed by atoms with Gasteiger partial charge in [-0.2, -0.15) is 0 Å². The van der Waals surface area contributed by atoms with Crippen LogP contribution in [0.15, 0.2) is 38.3 Å². The van der Waals surface area contributed by atoms with Gasteiger partial charge in [0.05, 0.1) is 30.7 Å². The van der Waals surface area contributed by atoms with Crippen LogP contribution in [0.25, 0.3) is 10.9 Å². The zero-order chi connectivity index (χ0) is 17.4. The van der Waals surface area contributed by atoms with Crippen LogP contribution in [0.5, 0.6) is 0 Å². The van der Waals surface area contributed by atoms with Gasteiger partial charge in [0, 0.05) is 13.2 Å². The van der Waals surface area contributed by atoms with Gasteiger partial charge >= 0.3 is 11.4 Å². The zero-order valence-electron chi connectivity index (χ0n) is 13.4. The van der Waals surface area contributed by atoms with Gasteiger partial charge in [0.25, 0.3) is 0 Å². The number of amides is 1. The number of carbonyl (C=O) groups excluding carboxylic acids is 1. The Kier molecular flexibility index (Phi) is 6.71. The van der Waals surface area contributed by atoms with Gasteiger partial charge in [0.2, 0.25) is 5.91 Å². The Labute approximate surface area is 138 Å². The molecule has 8 heteroatoms. The standard InChI is InChI=1S/C16H20N2O6/c1-2-22-9-10-23-8-7-17-14(19)11-18-13-6-4-3-5-12(13)15(20)24-16(18)21/h3-6H,2,7-11H2,1H3,(H,17,19). The van der Waals surface area contributed by atoms with Crippen LogP contribution in [0.2, 0.25) is 0 Å². The maximum Gasteiger partial charge on any atom is 0.422 e. The van der Waals surface area contributed by atoms with Crippen LogP contribution in [0.1, 0.15) is 6.92 Å². The number of para-hydroxylation sites is 1. The summed E-state index contributed by atoms with van der Waals surface area (Å²) in [6.07, 6.45) is 0. The lowest BCUT2D eigenvalue weighted by Crippen LogP contribution is -2.35. The van der Waals surface area contributed by atoms with Crippen molar-refractivity contribution in [1.82, 2.24) is 9.88 Å². The molecule has 0 saturated carbocycles. The third-order valence-corrected chi connectivity index (χ3v) is 3.26. The first kappa shape index (κ1) is 17.9. The second kappa shape index (κ2) is 8.99. The summed E-state index contributed by atoms with van der Waals surface area (Å²) in [4.78, 5) is 35.5. The first-order valence-corrected chi connectivity index (χ1v) is 7.68. The van der Waals surface area contributed by atoms with Crippen molar-refractivity contribution in [2.45, 2.75) is 13.5 Å². The van der Waals surface area contributed by atoms with Gasteiger partial charge in [-0.05, 0) is 19.1 Å². The third-order valence-electron chi connectivity index (χ3n) is 3.26. The van der Waals surface area contributed by atoms with Crippen molar-refractivity contribution < 1.29 is 18.7 Å². The monoisotopic (exact) mass is 336 g/mol. The molecule has 8 nitrogen and oxygen atoms in total. The smallest absolute Gasteiger partial charge is 0.379 e. The molecule has 0 unspecified atom stereocenters. The number of rotatable bonds is 9. The van der Waals surface area contributed by atoms with E-state index in [9.17, 15) is 14.4 Å². The van der Waals surface area contributed by atoms with Crippen LogP contribution >= 0.6 is 0 Å². The molecule has 1 heterocycles. The highest BCUT2D eigenvalue weighted by Gasteiger charge is 2.11. The number of nitrogens with one attached hydrogen (secondary N) is 1. The minimum Gasteiger partial charge on any atom is -0.379 e. The molecule has 130 valence electrons. The molecule has 2 rings (SSSR count). The van der Waals surface area contributed by atoms with E-state index in [4.69, 9.17) is 9.47 Å². The van der Waals surface area contributed by atoms with Gasteiger partial charge < -0.3 is 19.2 Å². The SMILES string of the molecule is CCOCCOCCNC(=O)Cn1c(=O)oc(=O)c2ccccc21. The maximum atomic E-state index is 12.0. The predicted octanol–water partition coefficient (Wildman–Crippen LogP) is 0.124. The molecule has 0 aliphatic rings. The molecular weight excluding hydrogens is 316 g/mol. The van der Waals surface area contributed by atoms with Crippen molar-refractivity contribution in [1.29, 1.82) is 0 Å². The summed E-state index contributed by atoms with van der Waals surface area (Å²) in [6, 6.07) is 6.48. The van der Waals surface area contributed by atoms with E-state index in [2.05, 4.69) is 9.73 Å². The Hall–Kier alpha value is -2.45. The Morgan fingerprint density at radius 1 is 1.17 bits per heavy atom. The van der Waals surface area contributed by atoms with Gasteiger partial charge in [-0.15, -0.1) is 0 Å². The molecule has 0 saturated heterocycles. The van der Waals surface area contributed by atoms with E-state index < -0.39 is 11.4 Å². The summed E-state index contributed by atoms with van der Waals surface area (Å²) in [5.41, 5.74) is -0.350. The lowest BCUT2D eigenvalue weighted by atomic mass is 10.2. The van der Waals surface area contributed by atoms with Crippen LogP contribution in [-0.2, 0) is 20.8 Å². The average molecular weight is 336 g/mol. The van der Waals surface area contributed by atoms with Crippen molar-refractivity contribution in [3.63, 3.8) is 0 Å². The zero-order valence-corrected chi connectivity index (χ0v) is 13.4. The highest BCUT2D eigenvalue weighted by Crippen LogP contribution is 2.06. The summed E-state index contributed by atoms with van der Waals surface area (Å²) in [5, 5.41) is 2.90. The van der Waals surface area contributed by atoms with E-state index in [-0.39, 0.29) is 17.8 Å². The fourth-order valence-electron chi connectivity index (χ4n) is 2.15. The molecule has 0 fully saturated rings. The van der Waals surface area contributed by atoms with E-state index in [0.717, 1.165) is 4.57 Å². The molecule has 0 spiro atoms. The van der Waals surface area contributed by atoms with E-state index in [1.807, 2.05) is 6.92 Å². The molecule has 24 heavy (non-hydrogen) atoms. The van der Waals surface area contributed by atoms with E-state index in [1.165, 1.54) is 0 Å². The van der Waals surface area contributed by atoms with Crippen LogP contribution in [0, 0.1) is 0 Å². The number of benzene rings is 1. The summed E-state index contributed by atoms with van der Waals surface area (Å²) < 4.78 is 16.2. The van der Waals surface area contributed by atoms with Crippen LogP contribution in [0.4, 0.5) is 0 Å². The van der Waals surface area contributed by atoms with Crippen molar-refractivity contribution in [3.8, 4) is 0 Å². The molecular formula is C16H20N2O6. The highest BCUT2D eigenvalue weighted by atomic mass is 16.5. The lowest BCUT2D eigenvalue weighted by molar-refractivity contribution is -0.122. The Morgan fingerprint density at radius 2 is 1.92 bits per heavy atom. The summed E-state index contributed by atoms with van der Waals surface area (Å²) in [5.74, 6) is -1.23. The molecule has 0 atom stereocenters. The molecule has 0 radical (unpaired) electrons. The minimum absolute atomic E-state index is 0.234. The number of ether oxygens (including phenoxy) is 2. The molecule has 1 aromatic heterocycles. The normalized spacial score (nSPS) is 10.9. The second-order valence-corrected chi connectivity index (χ2v) is 4.92. The Balaban J connectivity index is 1.92. The topological polar surface area (TPSA) is 99.8 Å². The highest BCUT2D eigenvalue weighted by molar-refractivity contribution is 5.81. The Morgan fingerprint density at radius 3 is 2.71 bits per heavy atom. The first-order chi connectivity index (χ1) is 11.6. The number of carbonyl (C=O) groups is 1. The number of nitrogens with zero attached hydrogens (tertiary/aromatic N) is 1. The van der Waals surface area contributed by atoms with Gasteiger partial charge in [-0.1, -0.05) is 12.1 Å². The van der Waals surface area contributed by atoms with Crippen molar-refractivity contribution in [3.05, 3.63) is 45.2 Å².